The molecule has 0 saturated carbocycles. The largest absolute Gasteiger partial charge is 0.368 e. The molecule has 0 spiro atoms. The molecule has 0 radical (unpaired) electrons. The summed E-state index contributed by atoms with van der Waals surface area (Å²) in [7, 11) is -3.25. The van der Waals surface area contributed by atoms with E-state index >= 15 is 0 Å². The normalized spacial score (nSPS) is 15.3. The van der Waals surface area contributed by atoms with Crippen molar-refractivity contribution in [3.63, 3.8) is 0 Å². The Kier molecular flexibility index (Phi) is 5.01. The fourth-order valence-corrected chi connectivity index (χ4v) is 3.68. The molecule has 5 nitrogen and oxygen atoms in total. The number of carbonyl (C=O) groups excluding carboxylic acids is 1. The predicted molar refractivity (Wildman–Crippen MR) is 99.1 cm³/mol. The van der Waals surface area contributed by atoms with Crippen molar-refractivity contribution in [2.75, 3.05) is 37.3 Å². The van der Waals surface area contributed by atoms with Gasteiger partial charge in [-0.1, -0.05) is 17.7 Å². The summed E-state index contributed by atoms with van der Waals surface area (Å²) in [6.07, 6.45) is 1.15. The SMILES string of the molecule is CS(=O)(=O)c1ccc(C(=O)N2CCN(c3cccc(Cl)c3)CC2)cc1. The summed E-state index contributed by atoms with van der Waals surface area (Å²) >= 11 is 6.03. The lowest BCUT2D eigenvalue weighted by Gasteiger charge is -2.36. The molecule has 1 aliphatic heterocycles. The van der Waals surface area contributed by atoms with Gasteiger partial charge < -0.3 is 9.80 Å². The summed E-state index contributed by atoms with van der Waals surface area (Å²) in [6, 6.07) is 13.8. The topological polar surface area (TPSA) is 57.7 Å². The molecule has 7 heteroatoms. The van der Waals surface area contributed by atoms with Crippen LogP contribution in [0, 0.1) is 0 Å². The van der Waals surface area contributed by atoms with Gasteiger partial charge in [-0.25, -0.2) is 8.42 Å². The Labute approximate surface area is 152 Å². The lowest BCUT2D eigenvalue weighted by atomic mass is 10.1. The van der Waals surface area contributed by atoms with Crippen LogP contribution in [-0.4, -0.2) is 51.7 Å². The maximum Gasteiger partial charge on any atom is 0.253 e. The molecule has 1 fully saturated rings. The van der Waals surface area contributed by atoms with E-state index in [4.69, 9.17) is 11.6 Å². The molecule has 0 unspecified atom stereocenters. The number of hydrogen-bond donors (Lipinski definition) is 0. The van der Waals surface area contributed by atoms with Crippen LogP contribution in [0.3, 0.4) is 0 Å². The van der Waals surface area contributed by atoms with E-state index in [1.807, 2.05) is 24.3 Å². The van der Waals surface area contributed by atoms with E-state index in [1.54, 1.807) is 17.0 Å². The minimum Gasteiger partial charge on any atom is -0.368 e. The first-order valence-corrected chi connectivity index (χ1v) is 10.2. The van der Waals surface area contributed by atoms with Gasteiger partial charge in [-0.2, -0.15) is 0 Å². The summed E-state index contributed by atoms with van der Waals surface area (Å²) in [6.45, 7) is 2.68. The van der Waals surface area contributed by atoms with Gasteiger partial charge in [0.2, 0.25) is 0 Å². The number of nitrogens with zero attached hydrogens (tertiary/aromatic N) is 2. The molecule has 1 saturated heterocycles. The maximum absolute atomic E-state index is 12.6. The number of rotatable bonds is 3. The Bertz CT molecular complexity index is 873. The minimum absolute atomic E-state index is 0.0780. The number of amides is 1. The summed E-state index contributed by atoms with van der Waals surface area (Å²) < 4.78 is 23.0. The molecule has 0 aromatic heterocycles. The summed E-state index contributed by atoms with van der Waals surface area (Å²) in [4.78, 5) is 16.8. The summed E-state index contributed by atoms with van der Waals surface area (Å²) in [5, 5.41) is 0.696. The zero-order valence-corrected chi connectivity index (χ0v) is 15.4. The summed E-state index contributed by atoms with van der Waals surface area (Å²) in [5.74, 6) is -0.0780. The molecule has 25 heavy (non-hydrogen) atoms. The van der Waals surface area contributed by atoms with Crippen LogP contribution in [0.2, 0.25) is 5.02 Å². The second-order valence-corrected chi connectivity index (χ2v) is 8.51. The van der Waals surface area contributed by atoms with Crippen molar-refractivity contribution < 1.29 is 13.2 Å². The van der Waals surface area contributed by atoms with Gasteiger partial charge >= 0.3 is 0 Å². The molecule has 1 aliphatic rings. The van der Waals surface area contributed by atoms with Crippen LogP contribution in [0.1, 0.15) is 10.4 Å². The average Bonchev–Trinajstić information content (AvgIpc) is 2.61. The average molecular weight is 379 g/mol. The number of piperazine rings is 1. The molecule has 2 aromatic carbocycles. The number of halogens is 1. The quantitative estimate of drug-likeness (QED) is 0.824. The molecule has 0 aliphatic carbocycles. The highest BCUT2D eigenvalue weighted by Crippen LogP contribution is 2.21. The number of anilines is 1. The summed E-state index contributed by atoms with van der Waals surface area (Å²) in [5.41, 5.74) is 1.56. The monoisotopic (exact) mass is 378 g/mol. The van der Waals surface area contributed by atoms with Crippen molar-refractivity contribution in [3.8, 4) is 0 Å². The first kappa shape index (κ1) is 17.8. The predicted octanol–water partition coefficient (Wildman–Crippen LogP) is 2.71. The van der Waals surface area contributed by atoms with Crippen LogP contribution in [0.5, 0.6) is 0 Å². The molecule has 0 N–H and O–H groups in total. The van der Waals surface area contributed by atoms with Crippen LogP contribution in [0.25, 0.3) is 0 Å². The Morgan fingerprint density at radius 2 is 1.64 bits per heavy atom. The Hall–Kier alpha value is -2.05. The van der Waals surface area contributed by atoms with E-state index in [-0.39, 0.29) is 10.8 Å². The molecular weight excluding hydrogens is 360 g/mol. The van der Waals surface area contributed by atoms with E-state index in [0.29, 0.717) is 23.7 Å². The van der Waals surface area contributed by atoms with Crippen molar-refractivity contribution in [3.05, 3.63) is 59.1 Å². The Balaban J connectivity index is 1.65. The van der Waals surface area contributed by atoms with Gasteiger partial charge in [0, 0.05) is 48.7 Å². The smallest absolute Gasteiger partial charge is 0.253 e. The van der Waals surface area contributed by atoms with Crippen molar-refractivity contribution in [1.82, 2.24) is 4.90 Å². The Morgan fingerprint density at radius 1 is 1.00 bits per heavy atom. The molecule has 0 atom stereocenters. The third kappa shape index (κ3) is 4.14. The lowest BCUT2D eigenvalue weighted by molar-refractivity contribution is 0.0746. The van der Waals surface area contributed by atoms with Crippen LogP contribution < -0.4 is 4.90 Å². The van der Waals surface area contributed by atoms with E-state index in [9.17, 15) is 13.2 Å². The van der Waals surface area contributed by atoms with Gasteiger partial charge in [0.1, 0.15) is 0 Å². The third-order valence-corrected chi connectivity index (χ3v) is 5.63. The molecule has 3 rings (SSSR count). The number of benzene rings is 2. The second-order valence-electron chi connectivity index (χ2n) is 6.06. The number of hydrogen-bond acceptors (Lipinski definition) is 4. The molecular formula is C18H19ClN2O3S. The van der Waals surface area contributed by atoms with Crippen molar-refractivity contribution in [1.29, 1.82) is 0 Å². The first-order valence-electron chi connectivity index (χ1n) is 7.94. The van der Waals surface area contributed by atoms with Crippen LogP contribution >= 0.6 is 11.6 Å². The molecule has 132 valence electrons. The zero-order chi connectivity index (χ0) is 18.0. The first-order chi connectivity index (χ1) is 11.8. The lowest BCUT2D eigenvalue weighted by Crippen LogP contribution is -2.48. The van der Waals surface area contributed by atoms with Crippen LogP contribution in [0.4, 0.5) is 5.69 Å². The van der Waals surface area contributed by atoms with Gasteiger partial charge in [-0.3, -0.25) is 4.79 Å². The molecule has 0 bridgehead atoms. The fraction of sp³-hybridized carbons (Fsp3) is 0.278. The molecule has 2 aromatic rings. The van der Waals surface area contributed by atoms with E-state index < -0.39 is 9.84 Å². The van der Waals surface area contributed by atoms with Crippen molar-refractivity contribution >= 4 is 33.0 Å². The zero-order valence-electron chi connectivity index (χ0n) is 13.9. The minimum atomic E-state index is -3.25. The maximum atomic E-state index is 12.6. The van der Waals surface area contributed by atoms with Gasteiger partial charge in [0.05, 0.1) is 4.90 Å². The molecule has 1 heterocycles. The van der Waals surface area contributed by atoms with Gasteiger partial charge in [-0.15, -0.1) is 0 Å². The second kappa shape index (κ2) is 7.06. The van der Waals surface area contributed by atoms with Gasteiger partial charge in [0.15, 0.2) is 9.84 Å². The fourth-order valence-electron chi connectivity index (χ4n) is 2.87. The number of sulfone groups is 1. The van der Waals surface area contributed by atoms with Crippen molar-refractivity contribution in [2.45, 2.75) is 4.90 Å². The van der Waals surface area contributed by atoms with E-state index in [1.165, 1.54) is 12.1 Å². The molecule has 1 amide bonds. The highest BCUT2D eigenvalue weighted by molar-refractivity contribution is 7.90. The standard InChI is InChI=1S/C18H19ClN2O3S/c1-25(23,24)17-7-5-14(6-8-17)18(22)21-11-9-20(10-12-21)16-4-2-3-15(19)13-16/h2-8,13H,9-12H2,1H3. The van der Waals surface area contributed by atoms with E-state index in [2.05, 4.69) is 4.90 Å². The van der Waals surface area contributed by atoms with E-state index in [0.717, 1.165) is 25.0 Å². The van der Waals surface area contributed by atoms with Crippen molar-refractivity contribution in [2.24, 2.45) is 0 Å². The Morgan fingerprint density at radius 3 is 2.20 bits per heavy atom. The number of carbonyl (C=O) groups is 1. The highest BCUT2D eigenvalue weighted by atomic mass is 35.5. The van der Waals surface area contributed by atoms with Crippen LogP contribution in [-0.2, 0) is 9.84 Å². The van der Waals surface area contributed by atoms with Gasteiger partial charge in [-0.05, 0) is 42.5 Å². The highest BCUT2D eigenvalue weighted by Gasteiger charge is 2.22. The van der Waals surface area contributed by atoms with Gasteiger partial charge in [0.25, 0.3) is 5.91 Å². The third-order valence-electron chi connectivity index (χ3n) is 4.27. The van der Waals surface area contributed by atoms with Crippen LogP contribution in [0.15, 0.2) is 53.4 Å².